The van der Waals surface area contributed by atoms with Crippen LogP contribution >= 0.6 is 11.8 Å². The largest absolute Gasteiger partial charge is 0.454 e. The quantitative estimate of drug-likeness (QED) is 0.199. The number of carbonyl (C=O) groups excluding carboxylic acids is 1. The Hall–Kier alpha value is -4.19. The molecule has 2 aliphatic rings. The zero-order valence-electron chi connectivity index (χ0n) is 24.1. The molecule has 6 rings (SSSR count). The molecule has 0 radical (unpaired) electrons. The highest BCUT2D eigenvalue weighted by Crippen LogP contribution is 2.33. The zero-order chi connectivity index (χ0) is 29.4. The first-order valence-corrected chi connectivity index (χ1v) is 15.2. The molecule has 43 heavy (non-hydrogen) atoms. The molecule has 0 saturated carbocycles. The number of nitrogens with one attached hydrogen (secondary N) is 1. The lowest BCUT2D eigenvalue weighted by Crippen LogP contribution is -2.46. The Labute approximate surface area is 255 Å². The molecule has 4 aromatic rings. The summed E-state index contributed by atoms with van der Waals surface area (Å²) in [5.41, 5.74) is 4.52. The number of piperazine rings is 1. The molecular formula is C32H34N6O4S. The van der Waals surface area contributed by atoms with Gasteiger partial charge in [-0.15, -0.1) is 0 Å². The molecule has 1 N–H and O–H groups in total. The van der Waals surface area contributed by atoms with Gasteiger partial charge in [0.25, 0.3) is 5.91 Å². The van der Waals surface area contributed by atoms with E-state index in [-0.39, 0.29) is 5.91 Å². The van der Waals surface area contributed by atoms with Crippen LogP contribution in [0, 0.1) is 0 Å². The second-order valence-corrected chi connectivity index (χ2v) is 11.3. The highest BCUT2D eigenvalue weighted by Gasteiger charge is 2.21. The number of aromatic nitrogens is 3. The minimum atomic E-state index is -0.129. The van der Waals surface area contributed by atoms with Gasteiger partial charge in [0.05, 0.1) is 24.5 Å². The van der Waals surface area contributed by atoms with E-state index in [0.717, 1.165) is 67.0 Å². The van der Waals surface area contributed by atoms with E-state index < -0.39 is 0 Å². The van der Waals surface area contributed by atoms with Gasteiger partial charge in [-0.25, -0.2) is 9.97 Å². The van der Waals surface area contributed by atoms with E-state index >= 15 is 0 Å². The summed E-state index contributed by atoms with van der Waals surface area (Å²) in [5, 5.41) is 3.63. The smallest absolute Gasteiger partial charge is 0.251 e. The summed E-state index contributed by atoms with van der Waals surface area (Å²) in [4.78, 5) is 31.4. The number of ether oxygens (including phenoxy) is 3. The standard InChI is InChI=1S/C32H34N6O4S/c1-40-20-27-17-30(38-13-11-37(12-14-38)19-23-8-9-28-29(16-23)42-22-41-28)36-32(35-27)43-21-24-5-4-6-25(15-24)31(39)34-18-26-7-2-3-10-33-26/h2-10,15-17H,11-14,18-22H2,1H3,(H,34,39). The van der Waals surface area contributed by atoms with Gasteiger partial charge in [0.1, 0.15) is 5.82 Å². The van der Waals surface area contributed by atoms with Crippen LogP contribution < -0.4 is 19.7 Å². The monoisotopic (exact) mass is 598 g/mol. The summed E-state index contributed by atoms with van der Waals surface area (Å²) in [6.45, 7) is 5.54. The van der Waals surface area contributed by atoms with Crippen molar-refractivity contribution in [3.8, 4) is 11.5 Å². The van der Waals surface area contributed by atoms with E-state index in [2.05, 4.69) is 32.2 Å². The third kappa shape index (κ3) is 7.61. The molecule has 1 fully saturated rings. The van der Waals surface area contributed by atoms with E-state index in [9.17, 15) is 4.79 Å². The number of thioether (sulfide) groups is 1. The van der Waals surface area contributed by atoms with Crippen molar-refractivity contribution in [2.75, 3.05) is 45.0 Å². The van der Waals surface area contributed by atoms with Gasteiger partial charge < -0.3 is 24.4 Å². The molecular weight excluding hydrogens is 564 g/mol. The van der Waals surface area contributed by atoms with Crippen LogP contribution in [0.3, 0.4) is 0 Å². The summed E-state index contributed by atoms with van der Waals surface area (Å²) in [6, 6.07) is 21.5. The molecule has 10 nitrogen and oxygen atoms in total. The number of benzene rings is 2. The molecule has 2 aromatic heterocycles. The van der Waals surface area contributed by atoms with Crippen molar-refractivity contribution >= 4 is 23.5 Å². The number of fused-ring (bicyclic) bond motifs is 1. The van der Waals surface area contributed by atoms with Crippen LogP contribution in [0.15, 0.2) is 78.1 Å². The lowest BCUT2D eigenvalue weighted by atomic mass is 10.1. The van der Waals surface area contributed by atoms with Gasteiger partial charge in [-0.2, -0.15) is 0 Å². The van der Waals surface area contributed by atoms with Crippen molar-refractivity contribution in [3.05, 3.63) is 101 Å². The lowest BCUT2D eigenvalue weighted by Gasteiger charge is -2.35. The predicted octanol–water partition coefficient (Wildman–Crippen LogP) is 4.29. The SMILES string of the molecule is COCc1cc(N2CCN(Cc3ccc4c(c3)OCO4)CC2)nc(SCc2cccc(C(=O)NCc3ccccn3)c2)n1. The summed E-state index contributed by atoms with van der Waals surface area (Å²) >= 11 is 1.56. The average Bonchev–Trinajstić information content (AvgIpc) is 3.52. The first-order chi connectivity index (χ1) is 21.1. The molecule has 1 saturated heterocycles. The fourth-order valence-electron chi connectivity index (χ4n) is 5.07. The summed E-state index contributed by atoms with van der Waals surface area (Å²) in [6.07, 6.45) is 1.72. The van der Waals surface area contributed by atoms with Gasteiger partial charge in [0, 0.05) is 63.4 Å². The lowest BCUT2D eigenvalue weighted by molar-refractivity contribution is 0.0950. The Morgan fingerprint density at radius 1 is 0.930 bits per heavy atom. The number of rotatable bonds is 11. The number of methoxy groups -OCH3 is 1. The molecule has 0 spiro atoms. The molecule has 0 bridgehead atoms. The Morgan fingerprint density at radius 2 is 1.81 bits per heavy atom. The maximum absolute atomic E-state index is 12.7. The third-order valence-electron chi connectivity index (χ3n) is 7.29. The van der Waals surface area contributed by atoms with Crippen LogP contribution in [-0.2, 0) is 30.2 Å². The van der Waals surface area contributed by atoms with Crippen molar-refractivity contribution in [1.29, 1.82) is 0 Å². The third-order valence-corrected chi connectivity index (χ3v) is 8.21. The van der Waals surface area contributed by atoms with Crippen molar-refractivity contribution in [3.63, 3.8) is 0 Å². The van der Waals surface area contributed by atoms with Gasteiger partial charge in [0.2, 0.25) is 6.79 Å². The van der Waals surface area contributed by atoms with Crippen LogP contribution in [-0.4, -0.2) is 65.8 Å². The van der Waals surface area contributed by atoms with E-state index in [0.29, 0.717) is 36.4 Å². The zero-order valence-corrected chi connectivity index (χ0v) is 24.9. The van der Waals surface area contributed by atoms with Gasteiger partial charge in [-0.05, 0) is 47.5 Å². The van der Waals surface area contributed by atoms with E-state index in [1.165, 1.54) is 5.56 Å². The number of amides is 1. The Morgan fingerprint density at radius 3 is 2.65 bits per heavy atom. The molecule has 4 heterocycles. The predicted molar refractivity (Wildman–Crippen MR) is 164 cm³/mol. The highest BCUT2D eigenvalue weighted by molar-refractivity contribution is 7.98. The molecule has 0 unspecified atom stereocenters. The van der Waals surface area contributed by atoms with Crippen molar-refractivity contribution < 1.29 is 19.0 Å². The molecule has 11 heteroatoms. The second kappa shape index (κ2) is 13.9. The van der Waals surface area contributed by atoms with E-state index in [1.807, 2.05) is 54.6 Å². The van der Waals surface area contributed by atoms with Crippen molar-refractivity contribution in [2.45, 2.75) is 30.6 Å². The molecule has 0 atom stereocenters. The molecule has 1 amide bonds. The molecule has 222 valence electrons. The first-order valence-electron chi connectivity index (χ1n) is 14.3. The molecule has 2 aromatic carbocycles. The second-order valence-electron chi connectivity index (χ2n) is 10.4. The normalized spacial score (nSPS) is 14.6. The fourth-order valence-corrected chi connectivity index (χ4v) is 5.88. The van der Waals surface area contributed by atoms with Crippen LogP contribution in [0.25, 0.3) is 0 Å². The van der Waals surface area contributed by atoms with Crippen molar-refractivity contribution in [1.82, 2.24) is 25.2 Å². The topological polar surface area (TPSA) is 102 Å². The van der Waals surface area contributed by atoms with E-state index in [4.69, 9.17) is 24.2 Å². The fraction of sp³-hybridized carbons (Fsp3) is 0.312. The number of anilines is 1. The highest BCUT2D eigenvalue weighted by atomic mass is 32.2. The van der Waals surface area contributed by atoms with Gasteiger partial charge in [-0.1, -0.05) is 36.0 Å². The number of nitrogens with zero attached hydrogens (tertiary/aromatic N) is 5. The van der Waals surface area contributed by atoms with Crippen LogP contribution in [0.4, 0.5) is 5.82 Å². The number of pyridine rings is 1. The average molecular weight is 599 g/mol. The first kappa shape index (κ1) is 28.9. The minimum Gasteiger partial charge on any atom is -0.454 e. The minimum absolute atomic E-state index is 0.129. The Kier molecular flexibility index (Phi) is 9.31. The maximum atomic E-state index is 12.7. The van der Waals surface area contributed by atoms with Crippen molar-refractivity contribution in [2.24, 2.45) is 0 Å². The van der Waals surface area contributed by atoms with Gasteiger partial charge in [0.15, 0.2) is 16.7 Å². The summed E-state index contributed by atoms with van der Waals surface area (Å²) in [7, 11) is 1.67. The summed E-state index contributed by atoms with van der Waals surface area (Å²) in [5.74, 6) is 3.06. The maximum Gasteiger partial charge on any atom is 0.251 e. The van der Waals surface area contributed by atoms with Gasteiger partial charge in [-0.3, -0.25) is 14.7 Å². The van der Waals surface area contributed by atoms with Gasteiger partial charge >= 0.3 is 0 Å². The van der Waals surface area contributed by atoms with E-state index in [1.54, 1.807) is 25.1 Å². The molecule has 0 aliphatic carbocycles. The summed E-state index contributed by atoms with van der Waals surface area (Å²) < 4.78 is 16.4. The Balaban J connectivity index is 1.06. The van der Waals surface area contributed by atoms with Crippen LogP contribution in [0.1, 0.15) is 32.9 Å². The van der Waals surface area contributed by atoms with Crippen LogP contribution in [0.2, 0.25) is 0 Å². The number of carbonyl (C=O) groups is 1. The molecule has 2 aliphatic heterocycles. The number of hydrogen-bond donors (Lipinski definition) is 1. The number of hydrogen-bond acceptors (Lipinski definition) is 10. The Bertz CT molecular complexity index is 1550. The van der Waals surface area contributed by atoms with Crippen LogP contribution in [0.5, 0.6) is 11.5 Å².